The number of aryl methyl sites for hydroxylation is 2. The van der Waals surface area contributed by atoms with Gasteiger partial charge in [0.15, 0.2) is 5.82 Å². The lowest BCUT2D eigenvalue weighted by molar-refractivity contribution is 0.0944. The topological polar surface area (TPSA) is 72.7 Å². The summed E-state index contributed by atoms with van der Waals surface area (Å²) in [4.78, 5) is 16.0. The maximum absolute atomic E-state index is 11.9. The van der Waals surface area contributed by atoms with Crippen LogP contribution in [0.15, 0.2) is 24.5 Å². The molecule has 94 valence electrons. The minimum Gasteiger partial charge on any atom is -0.343 e. The summed E-state index contributed by atoms with van der Waals surface area (Å²) in [6.45, 7) is 4.98. The van der Waals surface area contributed by atoms with Gasteiger partial charge in [-0.15, -0.1) is 10.2 Å². The number of hydrogen-bond donors (Lipinski definition) is 1. The molecule has 0 saturated carbocycles. The van der Waals surface area contributed by atoms with E-state index in [1.54, 1.807) is 12.4 Å². The zero-order valence-electron chi connectivity index (χ0n) is 10.4. The molecule has 0 aliphatic carbocycles. The van der Waals surface area contributed by atoms with Crippen LogP contribution >= 0.6 is 0 Å². The highest BCUT2D eigenvalue weighted by atomic mass is 16.1. The molecule has 0 saturated heterocycles. The predicted octanol–water partition coefficient (Wildman–Crippen LogP) is 0.931. The Morgan fingerprint density at radius 2 is 2.28 bits per heavy atom. The van der Waals surface area contributed by atoms with E-state index in [4.69, 9.17) is 0 Å². The van der Waals surface area contributed by atoms with Gasteiger partial charge in [-0.2, -0.15) is 0 Å². The molecule has 6 nitrogen and oxygen atoms in total. The van der Waals surface area contributed by atoms with Crippen LogP contribution in [0.1, 0.15) is 28.9 Å². The summed E-state index contributed by atoms with van der Waals surface area (Å²) in [5.74, 6) is 0.530. The lowest BCUT2D eigenvalue weighted by Crippen LogP contribution is -2.25. The van der Waals surface area contributed by atoms with Crippen LogP contribution < -0.4 is 5.32 Å². The van der Waals surface area contributed by atoms with E-state index in [0.29, 0.717) is 12.2 Å². The van der Waals surface area contributed by atoms with Crippen LogP contribution in [0.25, 0.3) is 0 Å². The molecule has 2 heterocycles. The zero-order valence-corrected chi connectivity index (χ0v) is 10.4. The van der Waals surface area contributed by atoms with Gasteiger partial charge >= 0.3 is 0 Å². The van der Waals surface area contributed by atoms with Gasteiger partial charge in [-0.1, -0.05) is 6.07 Å². The highest BCUT2D eigenvalue weighted by Gasteiger charge is 2.09. The van der Waals surface area contributed by atoms with Crippen molar-refractivity contribution in [1.29, 1.82) is 0 Å². The van der Waals surface area contributed by atoms with Crippen molar-refractivity contribution < 1.29 is 4.79 Å². The smallest absolute Gasteiger partial charge is 0.270 e. The molecule has 0 unspecified atom stereocenters. The number of amides is 1. The highest BCUT2D eigenvalue weighted by Crippen LogP contribution is 1.99. The summed E-state index contributed by atoms with van der Waals surface area (Å²) in [5.41, 5.74) is 1.23. The molecule has 1 N–H and O–H groups in total. The molecule has 0 aliphatic heterocycles. The third kappa shape index (κ3) is 2.71. The van der Waals surface area contributed by atoms with Crippen molar-refractivity contribution in [1.82, 2.24) is 25.1 Å². The molecule has 18 heavy (non-hydrogen) atoms. The second kappa shape index (κ2) is 5.39. The Kier molecular flexibility index (Phi) is 3.66. The quantitative estimate of drug-likeness (QED) is 0.869. The third-order valence-electron chi connectivity index (χ3n) is 2.56. The minimum atomic E-state index is -0.204. The molecule has 0 bridgehead atoms. The van der Waals surface area contributed by atoms with Gasteiger partial charge in [0.25, 0.3) is 5.91 Å². The van der Waals surface area contributed by atoms with Gasteiger partial charge in [0.2, 0.25) is 0 Å². The number of rotatable bonds is 4. The molecule has 0 atom stereocenters. The molecule has 0 aliphatic rings. The SMILES string of the molecule is CCn1cnnc1CNC(=O)c1cccc(C)n1. The van der Waals surface area contributed by atoms with Gasteiger partial charge in [0.05, 0.1) is 6.54 Å². The first-order valence-electron chi connectivity index (χ1n) is 5.79. The summed E-state index contributed by atoms with van der Waals surface area (Å²) >= 11 is 0. The van der Waals surface area contributed by atoms with E-state index in [-0.39, 0.29) is 5.91 Å². The first kappa shape index (κ1) is 12.2. The van der Waals surface area contributed by atoms with E-state index in [1.165, 1.54) is 0 Å². The number of nitrogens with zero attached hydrogens (tertiary/aromatic N) is 4. The van der Waals surface area contributed by atoms with Crippen molar-refractivity contribution >= 4 is 5.91 Å². The van der Waals surface area contributed by atoms with E-state index < -0.39 is 0 Å². The number of carbonyl (C=O) groups is 1. The standard InChI is InChI=1S/C12H15N5O/c1-3-17-8-14-16-11(17)7-13-12(18)10-6-4-5-9(2)15-10/h4-6,8H,3,7H2,1-2H3,(H,13,18). The molecule has 2 aromatic heterocycles. The minimum absolute atomic E-state index is 0.204. The second-order valence-corrected chi connectivity index (χ2v) is 3.88. The number of carbonyl (C=O) groups excluding carboxylic acids is 1. The fourth-order valence-corrected chi connectivity index (χ4v) is 1.60. The maximum atomic E-state index is 11.9. The molecular weight excluding hydrogens is 230 g/mol. The highest BCUT2D eigenvalue weighted by molar-refractivity contribution is 5.92. The molecule has 6 heteroatoms. The van der Waals surface area contributed by atoms with E-state index in [1.807, 2.05) is 30.5 Å². The largest absolute Gasteiger partial charge is 0.343 e. The average molecular weight is 245 g/mol. The first-order valence-corrected chi connectivity index (χ1v) is 5.79. The van der Waals surface area contributed by atoms with E-state index in [0.717, 1.165) is 18.1 Å². The van der Waals surface area contributed by atoms with Crippen molar-refractivity contribution in [2.75, 3.05) is 0 Å². The predicted molar refractivity (Wildman–Crippen MR) is 65.8 cm³/mol. The number of nitrogens with one attached hydrogen (secondary N) is 1. The van der Waals surface area contributed by atoms with Gasteiger partial charge < -0.3 is 9.88 Å². The Labute approximate surface area is 105 Å². The van der Waals surface area contributed by atoms with E-state index >= 15 is 0 Å². The van der Waals surface area contributed by atoms with Crippen LogP contribution in [-0.2, 0) is 13.1 Å². The molecule has 0 fully saturated rings. The van der Waals surface area contributed by atoms with Crippen molar-refractivity contribution in [3.05, 3.63) is 41.7 Å². The molecule has 1 amide bonds. The van der Waals surface area contributed by atoms with Crippen LogP contribution in [0, 0.1) is 6.92 Å². The van der Waals surface area contributed by atoms with Crippen LogP contribution in [0.5, 0.6) is 0 Å². The van der Waals surface area contributed by atoms with Crippen LogP contribution in [0.4, 0.5) is 0 Å². The Hall–Kier alpha value is -2.24. The van der Waals surface area contributed by atoms with Crippen molar-refractivity contribution in [3.8, 4) is 0 Å². The normalized spacial score (nSPS) is 10.3. The Morgan fingerprint density at radius 3 is 3.00 bits per heavy atom. The van der Waals surface area contributed by atoms with Gasteiger partial charge in [-0.05, 0) is 26.0 Å². The summed E-state index contributed by atoms with van der Waals surface area (Å²) in [6, 6.07) is 5.35. The number of hydrogen-bond acceptors (Lipinski definition) is 4. The third-order valence-corrected chi connectivity index (χ3v) is 2.56. The molecular formula is C12H15N5O. The van der Waals surface area contributed by atoms with E-state index in [2.05, 4.69) is 20.5 Å². The summed E-state index contributed by atoms with van der Waals surface area (Å²) < 4.78 is 1.88. The number of aromatic nitrogens is 4. The van der Waals surface area contributed by atoms with Gasteiger partial charge in [0.1, 0.15) is 12.0 Å². The molecule has 2 aromatic rings. The van der Waals surface area contributed by atoms with Gasteiger partial charge in [-0.3, -0.25) is 4.79 Å². The second-order valence-electron chi connectivity index (χ2n) is 3.88. The van der Waals surface area contributed by atoms with Crippen LogP contribution in [-0.4, -0.2) is 25.7 Å². The van der Waals surface area contributed by atoms with Gasteiger partial charge in [-0.25, -0.2) is 4.98 Å². The first-order chi connectivity index (χ1) is 8.70. The summed E-state index contributed by atoms with van der Waals surface area (Å²) in [6.07, 6.45) is 1.65. The molecule has 0 radical (unpaired) electrons. The van der Waals surface area contributed by atoms with Crippen LogP contribution in [0.2, 0.25) is 0 Å². The van der Waals surface area contributed by atoms with Crippen molar-refractivity contribution in [2.45, 2.75) is 26.9 Å². The van der Waals surface area contributed by atoms with Gasteiger partial charge in [0, 0.05) is 12.2 Å². The zero-order chi connectivity index (χ0) is 13.0. The Balaban J connectivity index is 2.00. The monoisotopic (exact) mass is 245 g/mol. The molecule has 0 aromatic carbocycles. The maximum Gasteiger partial charge on any atom is 0.270 e. The number of pyridine rings is 1. The lowest BCUT2D eigenvalue weighted by Gasteiger charge is -2.05. The van der Waals surface area contributed by atoms with Crippen molar-refractivity contribution in [2.24, 2.45) is 0 Å². The molecule has 0 spiro atoms. The lowest BCUT2D eigenvalue weighted by atomic mass is 10.3. The molecule has 2 rings (SSSR count). The van der Waals surface area contributed by atoms with Crippen molar-refractivity contribution in [3.63, 3.8) is 0 Å². The fraction of sp³-hybridized carbons (Fsp3) is 0.333. The summed E-state index contributed by atoms with van der Waals surface area (Å²) in [7, 11) is 0. The Morgan fingerprint density at radius 1 is 1.44 bits per heavy atom. The summed E-state index contributed by atoms with van der Waals surface area (Å²) in [5, 5.41) is 10.5. The fourth-order valence-electron chi connectivity index (χ4n) is 1.60. The van der Waals surface area contributed by atoms with Crippen LogP contribution in [0.3, 0.4) is 0 Å². The Bertz CT molecular complexity index is 549. The van der Waals surface area contributed by atoms with E-state index in [9.17, 15) is 4.79 Å². The average Bonchev–Trinajstić information content (AvgIpc) is 2.83.